The first-order valence-electron chi connectivity index (χ1n) is 9.72. The Hall–Kier alpha value is -3.32. The Labute approximate surface area is 177 Å². The molecule has 0 saturated heterocycles. The molecule has 1 unspecified atom stereocenters. The van der Waals surface area contributed by atoms with Gasteiger partial charge in [-0.25, -0.2) is 4.68 Å². The van der Waals surface area contributed by atoms with Crippen molar-refractivity contribution in [2.45, 2.75) is 13.0 Å². The van der Waals surface area contributed by atoms with Crippen LogP contribution in [0.15, 0.2) is 54.7 Å². The number of hydrogen-bond acceptors (Lipinski definition) is 5. The highest BCUT2D eigenvalue weighted by molar-refractivity contribution is 5.92. The fourth-order valence-corrected chi connectivity index (χ4v) is 3.35. The van der Waals surface area contributed by atoms with Crippen molar-refractivity contribution in [3.05, 3.63) is 71.5 Å². The van der Waals surface area contributed by atoms with Crippen LogP contribution in [0, 0.1) is 6.92 Å². The topological polar surface area (TPSA) is 68.6 Å². The summed E-state index contributed by atoms with van der Waals surface area (Å²) < 4.78 is 12.6. The summed E-state index contributed by atoms with van der Waals surface area (Å²) >= 11 is 0. The lowest BCUT2D eigenvalue weighted by Gasteiger charge is -2.26. The minimum Gasteiger partial charge on any atom is -0.496 e. The number of para-hydroxylation sites is 1. The van der Waals surface area contributed by atoms with Gasteiger partial charge in [0.1, 0.15) is 17.2 Å². The molecule has 1 amide bonds. The van der Waals surface area contributed by atoms with E-state index in [1.54, 1.807) is 31.2 Å². The Bertz CT molecular complexity index is 1010. The molecule has 0 fully saturated rings. The summed E-state index contributed by atoms with van der Waals surface area (Å²) in [6, 6.07) is 15.3. The van der Waals surface area contributed by atoms with Crippen LogP contribution in [0.2, 0.25) is 0 Å². The maximum Gasteiger partial charge on any atom is 0.271 e. The summed E-state index contributed by atoms with van der Waals surface area (Å²) in [6.07, 6.45) is 1.76. The second-order valence-electron chi connectivity index (χ2n) is 7.25. The normalized spacial score (nSPS) is 11.9. The van der Waals surface area contributed by atoms with E-state index in [0.717, 1.165) is 22.6 Å². The van der Waals surface area contributed by atoms with Gasteiger partial charge in [-0.1, -0.05) is 24.3 Å². The third-order valence-electron chi connectivity index (χ3n) is 4.98. The van der Waals surface area contributed by atoms with Crippen molar-refractivity contribution in [2.24, 2.45) is 0 Å². The van der Waals surface area contributed by atoms with Crippen LogP contribution in [0.4, 0.5) is 0 Å². The average molecular weight is 409 g/mol. The van der Waals surface area contributed by atoms with Crippen molar-refractivity contribution in [3.63, 3.8) is 0 Å². The molecule has 30 heavy (non-hydrogen) atoms. The molecule has 3 aromatic rings. The lowest BCUT2D eigenvalue weighted by molar-refractivity contribution is 0.0936. The van der Waals surface area contributed by atoms with Crippen LogP contribution >= 0.6 is 0 Å². The van der Waals surface area contributed by atoms with Gasteiger partial charge in [-0.05, 0) is 50.8 Å². The van der Waals surface area contributed by atoms with Gasteiger partial charge in [-0.15, -0.1) is 0 Å². The molecule has 0 aliphatic carbocycles. The number of carbonyl (C=O) groups excluding carboxylic acids is 1. The van der Waals surface area contributed by atoms with E-state index in [2.05, 4.69) is 10.4 Å². The van der Waals surface area contributed by atoms with Crippen LogP contribution in [0.5, 0.6) is 11.5 Å². The molecule has 2 aromatic carbocycles. The highest BCUT2D eigenvalue weighted by Gasteiger charge is 2.20. The van der Waals surface area contributed by atoms with Gasteiger partial charge in [-0.3, -0.25) is 4.79 Å². The molecule has 3 rings (SSSR count). The molecule has 1 atom stereocenters. The Morgan fingerprint density at radius 1 is 1.10 bits per heavy atom. The Morgan fingerprint density at radius 2 is 1.83 bits per heavy atom. The third-order valence-corrected chi connectivity index (χ3v) is 4.98. The van der Waals surface area contributed by atoms with E-state index in [9.17, 15) is 4.79 Å². The molecule has 0 radical (unpaired) electrons. The van der Waals surface area contributed by atoms with Gasteiger partial charge in [-0.2, -0.15) is 5.10 Å². The zero-order valence-electron chi connectivity index (χ0n) is 18.0. The monoisotopic (exact) mass is 408 g/mol. The number of rotatable bonds is 8. The number of carbonyl (C=O) groups is 1. The number of aryl methyl sites for hydroxylation is 1. The molecule has 1 heterocycles. The SMILES string of the molecule is COc1ccccc1C(CNC(=O)c1ccn(-c2cc(C)ccc2OC)n1)N(C)C. The molecule has 0 bridgehead atoms. The third kappa shape index (κ3) is 4.63. The standard InChI is InChI=1S/C23H28N4O3/c1-16-10-11-22(30-5)19(14-16)27-13-12-18(25-27)23(28)24-15-20(26(2)3)17-8-6-7-9-21(17)29-4/h6-14,20H,15H2,1-5H3,(H,24,28). The minimum atomic E-state index is -0.234. The molecule has 158 valence electrons. The molecule has 0 spiro atoms. The van der Waals surface area contributed by atoms with Gasteiger partial charge in [0.05, 0.1) is 20.3 Å². The van der Waals surface area contributed by atoms with Crippen molar-refractivity contribution >= 4 is 5.91 Å². The number of nitrogens with one attached hydrogen (secondary N) is 1. The quantitative estimate of drug-likeness (QED) is 0.620. The van der Waals surface area contributed by atoms with Gasteiger partial charge < -0.3 is 19.7 Å². The Balaban J connectivity index is 1.76. The van der Waals surface area contributed by atoms with Crippen LogP contribution < -0.4 is 14.8 Å². The molecule has 7 heteroatoms. The van der Waals surface area contributed by atoms with Crippen molar-refractivity contribution < 1.29 is 14.3 Å². The van der Waals surface area contributed by atoms with E-state index in [-0.39, 0.29) is 11.9 Å². The zero-order chi connectivity index (χ0) is 21.7. The average Bonchev–Trinajstić information content (AvgIpc) is 3.24. The number of ether oxygens (including phenoxy) is 2. The van der Waals surface area contributed by atoms with Gasteiger partial charge in [0.2, 0.25) is 0 Å². The second kappa shape index (κ2) is 9.45. The van der Waals surface area contributed by atoms with Crippen LogP contribution in [-0.4, -0.2) is 55.4 Å². The fraction of sp³-hybridized carbons (Fsp3) is 0.304. The summed E-state index contributed by atoms with van der Waals surface area (Å²) in [5, 5.41) is 7.44. The highest BCUT2D eigenvalue weighted by Crippen LogP contribution is 2.27. The first kappa shape index (κ1) is 21.4. The van der Waals surface area contributed by atoms with E-state index in [0.29, 0.717) is 18.0 Å². The molecular formula is C23H28N4O3. The molecule has 1 aromatic heterocycles. The number of benzene rings is 2. The summed E-state index contributed by atoms with van der Waals surface area (Å²) in [5.74, 6) is 1.25. The maximum absolute atomic E-state index is 12.8. The van der Waals surface area contributed by atoms with Gasteiger partial charge >= 0.3 is 0 Å². The summed E-state index contributed by atoms with van der Waals surface area (Å²) in [7, 11) is 7.21. The zero-order valence-corrected chi connectivity index (χ0v) is 18.0. The van der Waals surface area contributed by atoms with Crippen LogP contribution in [0.25, 0.3) is 5.69 Å². The van der Waals surface area contributed by atoms with Crippen molar-refractivity contribution in [1.82, 2.24) is 20.0 Å². The van der Waals surface area contributed by atoms with Gasteiger partial charge in [0, 0.05) is 18.3 Å². The number of methoxy groups -OCH3 is 2. The number of hydrogen-bond donors (Lipinski definition) is 1. The van der Waals surface area contributed by atoms with Crippen molar-refractivity contribution in [3.8, 4) is 17.2 Å². The number of aromatic nitrogens is 2. The molecule has 1 N–H and O–H groups in total. The molecule has 7 nitrogen and oxygen atoms in total. The smallest absolute Gasteiger partial charge is 0.271 e. The summed E-state index contributed by atoms with van der Waals surface area (Å²) in [6.45, 7) is 2.42. The molecule has 0 saturated carbocycles. The minimum absolute atomic E-state index is 0.0379. The summed E-state index contributed by atoms with van der Waals surface area (Å²) in [5.41, 5.74) is 3.23. The highest BCUT2D eigenvalue weighted by atomic mass is 16.5. The van der Waals surface area contributed by atoms with Crippen molar-refractivity contribution in [2.75, 3.05) is 34.9 Å². The predicted octanol–water partition coefficient (Wildman–Crippen LogP) is 3.23. The Kier molecular flexibility index (Phi) is 6.74. The van der Waals surface area contributed by atoms with E-state index in [1.165, 1.54) is 0 Å². The fourth-order valence-electron chi connectivity index (χ4n) is 3.35. The predicted molar refractivity (Wildman–Crippen MR) is 117 cm³/mol. The van der Waals surface area contributed by atoms with E-state index in [4.69, 9.17) is 9.47 Å². The van der Waals surface area contributed by atoms with Gasteiger partial charge in [0.15, 0.2) is 5.69 Å². The maximum atomic E-state index is 12.8. The number of amides is 1. The first-order chi connectivity index (χ1) is 14.4. The Morgan fingerprint density at radius 3 is 2.53 bits per heavy atom. The van der Waals surface area contributed by atoms with Crippen molar-refractivity contribution in [1.29, 1.82) is 0 Å². The lowest BCUT2D eigenvalue weighted by atomic mass is 10.0. The van der Waals surface area contributed by atoms with Crippen LogP contribution in [-0.2, 0) is 0 Å². The first-order valence-corrected chi connectivity index (χ1v) is 9.72. The lowest BCUT2D eigenvalue weighted by Crippen LogP contribution is -2.35. The number of likely N-dealkylation sites (N-methyl/N-ethyl adjacent to an activating group) is 1. The van der Waals surface area contributed by atoms with Crippen LogP contribution in [0.3, 0.4) is 0 Å². The number of nitrogens with zero attached hydrogens (tertiary/aromatic N) is 3. The second-order valence-corrected chi connectivity index (χ2v) is 7.25. The summed E-state index contributed by atoms with van der Waals surface area (Å²) in [4.78, 5) is 14.8. The van der Waals surface area contributed by atoms with E-state index in [1.807, 2.05) is 68.4 Å². The van der Waals surface area contributed by atoms with E-state index >= 15 is 0 Å². The van der Waals surface area contributed by atoms with Crippen LogP contribution in [0.1, 0.15) is 27.7 Å². The molecule has 0 aliphatic heterocycles. The van der Waals surface area contributed by atoms with E-state index < -0.39 is 0 Å². The largest absolute Gasteiger partial charge is 0.496 e. The van der Waals surface area contributed by atoms with Gasteiger partial charge in [0.25, 0.3) is 5.91 Å². The molecule has 0 aliphatic rings. The molecular weight excluding hydrogens is 380 g/mol.